The molecule has 0 radical (unpaired) electrons. The number of hydrogen-bond donors (Lipinski definition) is 1. The van der Waals surface area contributed by atoms with Crippen LogP contribution in [0.3, 0.4) is 0 Å². The second-order valence-corrected chi connectivity index (χ2v) is 5.99. The summed E-state index contributed by atoms with van der Waals surface area (Å²) < 4.78 is 7.57. The lowest BCUT2D eigenvalue weighted by molar-refractivity contribution is -0.0670. The molecule has 6 heteroatoms. The molecule has 0 unspecified atom stereocenters. The van der Waals surface area contributed by atoms with Gasteiger partial charge in [0.05, 0.1) is 24.9 Å². The molecule has 0 amide bonds. The Hall–Kier alpha value is -1.76. The predicted molar refractivity (Wildman–Crippen MR) is 82.2 cm³/mol. The monoisotopic (exact) mass is 302 g/mol. The summed E-state index contributed by atoms with van der Waals surface area (Å²) in [6.45, 7) is 5.42. The summed E-state index contributed by atoms with van der Waals surface area (Å²) in [4.78, 5) is 6.20. The normalized spacial score (nSPS) is 22.4. The topological polar surface area (TPSA) is 63.4 Å². The first kappa shape index (κ1) is 15.1. The fraction of sp³-hybridized carbons (Fsp3) is 0.500. The van der Waals surface area contributed by atoms with Gasteiger partial charge in [0.2, 0.25) is 0 Å². The second kappa shape index (κ2) is 6.56. The van der Waals surface area contributed by atoms with Gasteiger partial charge < -0.3 is 9.84 Å². The molecule has 3 rings (SSSR count). The van der Waals surface area contributed by atoms with E-state index in [0.29, 0.717) is 19.7 Å². The Bertz CT molecular complexity index is 571. The van der Waals surface area contributed by atoms with E-state index in [0.717, 1.165) is 18.7 Å². The molecule has 0 spiro atoms. The number of aliphatic hydroxyl groups is 1. The quantitative estimate of drug-likeness (QED) is 0.888. The average Bonchev–Trinajstić information content (AvgIpc) is 3.01. The fourth-order valence-electron chi connectivity index (χ4n) is 2.89. The molecule has 0 aliphatic carbocycles. The minimum Gasteiger partial charge on any atom is -0.384 e. The van der Waals surface area contributed by atoms with Crippen LogP contribution in [0.5, 0.6) is 0 Å². The maximum atomic E-state index is 10.8. The Morgan fingerprint density at radius 3 is 2.91 bits per heavy atom. The van der Waals surface area contributed by atoms with Crippen LogP contribution in [0.25, 0.3) is 0 Å². The van der Waals surface area contributed by atoms with Crippen molar-refractivity contribution >= 4 is 0 Å². The lowest BCUT2D eigenvalue weighted by Gasteiger charge is -2.37. The van der Waals surface area contributed by atoms with Crippen LogP contribution in [-0.2, 0) is 16.9 Å². The first-order valence-corrected chi connectivity index (χ1v) is 7.58. The van der Waals surface area contributed by atoms with Crippen molar-refractivity contribution in [2.45, 2.75) is 25.2 Å². The van der Waals surface area contributed by atoms with E-state index >= 15 is 0 Å². The van der Waals surface area contributed by atoms with Crippen molar-refractivity contribution in [1.82, 2.24) is 19.7 Å². The van der Waals surface area contributed by atoms with E-state index in [-0.39, 0.29) is 6.10 Å². The summed E-state index contributed by atoms with van der Waals surface area (Å²) in [5.41, 5.74) is 0.0745. The SMILES string of the molecule is C[C@](O)(CN1CCO[C@@H](Cn2cncn2)C1)c1ccccc1. The van der Waals surface area contributed by atoms with Gasteiger partial charge in [-0.3, -0.25) is 9.58 Å². The van der Waals surface area contributed by atoms with Gasteiger partial charge >= 0.3 is 0 Å². The van der Waals surface area contributed by atoms with Crippen molar-refractivity contribution in [2.24, 2.45) is 0 Å². The molecule has 1 fully saturated rings. The molecule has 1 aliphatic rings. The standard InChI is InChI=1S/C16H22N4O2/c1-16(21,14-5-3-2-4-6-14)11-19-7-8-22-15(9-19)10-20-13-17-12-18-20/h2-6,12-13,15,21H,7-11H2,1H3/t15-,16+/m1/s1. The van der Waals surface area contributed by atoms with Crippen molar-refractivity contribution in [3.05, 3.63) is 48.5 Å². The van der Waals surface area contributed by atoms with E-state index in [1.165, 1.54) is 6.33 Å². The summed E-state index contributed by atoms with van der Waals surface area (Å²) in [6.07, 6.45) is 3.30. The summed E-state index contributed by atoms with van der Waals surface area (Å²) in [5, 5.41) is 14.9. The minimum atomic E-state index is -0.865. The van der Waals surface area contributed by atoms with Gasteiger partial charge in [0.1, 0.15) is 12.7 Å². The molecule has 1 aliphatic heterocycles. The Morgan fingerprint density at radius 1 is 1.36 bits per heavy atom. The smallest absolute Gasteiger partial charge is 0.137 e. The summed E-state index contributed by atoms with van der Waals surface area (Å²) >= 11 is 0. The number of morpholine rings is 1. The van der Waals surface area contributed by atoms with E-state index in [1.807, 2.05) is 37.3 Å². The van der Waals surface area contributed by atoms with Gasteiger partial charge in [-0.1, -0.05) is 30.3 Å². The van der Waals surface area contributed by atoms with Crippen molar-refractivity contribution in [2.75, 3.05) is 26.2 Å². The van der Waals surface area contributed by atoms with Crippen LogP contribution in [0.15, 0.2) is 43.0 Å². The highest BCUT2D eigenvalue weighted by Crippen LogP contribution is 2.22. The van der Waals surface area contributed by atoms with Gasteiger partial charge in [0.25, 0.3) is 0 Å². The zero-order valence-electron chi connectivity index (χ0n) is 12.8. The Balaban J connectivity index is 1.60. The van der Waals surface area contributed by atoms with Crippen LogP contribution in [0, 0.1) is 0 Å². The number of benzene rings is 1. The summed E-state index contributed by atoms with van der Waals surface area (Å²) in [6, 6.07) is 9.80. The van der Waals surface area contributed by atoms with Crippen LogP contribution in [0.2, 0.25) is 0 Å². The van der Waals surface area contributed by atoms with E-state index in [1.54, 1.807) is 11.0 Å². The van der Waals surface area contributed by atoms with Crippen molar-refractivity contribution in [3.63, 3.8) is 0 Å². The molecule has 0 saturated carbocycles. The number of nitrogens with zero attached hydrogens (tertiary/aromatic N) is 4. The molecule has 1 N–H and O–H groups in total. The molecule has 1 aromatic heterocycles. The Kier molecular flexibility index (Phi) is 4.52. The zero-order chi connectivity index (χ0) is 15.4. The average molecular weight is 302 g/mol. The van der Waals surface area contributed by atoms with E-state index in [4.69, 9.17) is 4.74 Å². The molecule has 2 atom stereocenters. The van der Waals surface area contributed by atoms with Gasteiger partial charge in [-0.25, -0.2) is 4.98 Å². The van der Waals surface area contributed by atoms with Crippen LogP contribution in [-0.4, -0.2) is 57.1 Å². The molecular weight excluding hydrogens is 280 g/mol. The molecule has 6 nitrogen and oxygen atoms in total. The number of ether oxygens (including phenoxy) is 1. The van der Waals surface area contributed by atoms with Gasteiger partial charge in [0.15, 0.2) is 0 Å². The summed E-state index contributed by atoms with van der Waals surface area (Å²) in [7, 11) is 0. The first-order valence-electron chi connectivity index (χ1n) is 7.58. The third-order valence-electron chi connectivity index (χ3n) is 4.01. The van der Waals surface area contributed by atoms with Gasteiger partial charge in [-0.2, -0.15) is 5.10 Å². The van der Waals surface area contributed by atoms with Gasteiger partial charge in [-0.15, -0.1) is 0 Å². The molecular formula is C16H22N4O2. The van der Waals surface area contributed by atoms with Gasteiger partial charge in [-0.05, 0) is 12.5 Å². The highest BCUT2D eigenvalue weighted by atomic mass is 16.5. The molecule has 1 aromatic carbocycles. The van der Waals surface area contributed by atoms with E-state index in [2.05, 4.69) is 15.0 Å². The Morgan fingerprint density at radius 2 is 2.18 bits per heavy atom. The molecule has 22 heavy (non-hydrogen) atoms. The molecule has 2 aromatic rings. The van der Waals surface area contributed by atoms with Gasteiger partial charge in [0, 0.05) is 19.6 Å². The maximum absolute atomic E-state index is 10.8. The van der Waals surface area contributed by atoms with Crippen LogP contribution in [0.1, 0.15) is 12.5 Å². The first-order chi connectivity index (χ1) is 10.6. The predicted octanol–water partition coefficient (Wildman–Crippen LogP) is 0.887. The van der Waals surface area contributed by atoms with E-state index in [9.17, 15) is 5.11 Å². The number of hydrogen-bond acceptors (Lipinski definition) is 5. The van der Waals surface area contributed by atoms with Crippen molar-refractivity contribution in [1.29, 1.82) is 0 Å². The lowest BCUT2D eigenvalue weighted by atomic mass is 9.95. The lowest BCUT2D eigenvalue weighted by Crippen LogP contribution is -2.49. The molecule has 2 heterocycles. The number of rotatable bonds is 5. The minimum absolute atomic E-state index is 0.0713. The van der Waals surface area contributed by atoms with Crippen molar-refractivity contribution in [3.8, 4) is 0 Å². The Labute approximate surface area is 130 Å². The van der Waals surface area contributed by atoms with E-state index < -0.39 is 5.60 Å². The molecule has 0 bridgehead atoms. The third kappa shape index (κ3) is 3.71. The maximum Gasteiger partial charge on any atom is 0.137 e. The zero-order valence-corrected chi connectivity index (χ0v) is 12.8. The second-order valence-electron chi connectivity index (χ2n) is 5.99. The third-order valence-corrected chi connectivity index (χ3v) is 4.01. The van der Waals surface area contributed by atoms with Crippen LogP contribution < -0.4 is 0 Å². The highest BCUT2D eigenvalue weighted by Gasteiger charge is 2.29. The largest absolute Gasteiger partial charge is 0.384 e. The van der Waals surface area contributed by atoms with Crippen LogP contribution >= 0.6 is 0 Å². The highest BCUT2D eigenvalue weighted by molar-refractivity contribution is 5.21. The molecule has 118 valence electrons. The van der Waals surface area contributed by atoms with Crippen LogP contribution in [0.4, 0.5) is 0 Å². The molecule has 1 saturated heterocycles. The number of aromatic nitrogens is 3. The number of β-amino-alcohol motifs (C(OH)–C–C–N with tert-alkyl or cyclic N) is 1. The summed E-state index contributed by atoms with van der Waals surface area (Å²) in [5.74, 6) is 0. The van der Waals surface area contributed by atoms with Crippen molar-refractivity contribution < 1.29 is 9.84 Å². The fourth-order valence-corrected chi connectivity index (χ4v) is 2.89.